The summed E-state index contributed by atoms with van der Waals surface area (Å²) in [5.74, 6) is 1.81. The van der Waals surface area contributed by atoms with E-state index < -0.39 is 16.0 Å². The summed E-state index contributed by atoms with van der Waals surface area (Å²) in [6.45, 7) is 0. The van der Waals surface area contributed by atoms with Gasteiger partial charge in [-0.1, -0.05) is 6.07 Å². The Balaban J connectivity index is 1.63. The minimum atomic E-state index is -2.64. The van der Waals surface area contributed by atoms with Gasteiger partial charge in [0.15, 0.2) is 0 Å². The second kappa shape index (κ2) is 8.02. The molecule has 0 unspecified atom stereocenters. The number of carbonyl (C=O) groups is 2. The van der Waals surface area contributed by atoms with Gasteiger partial charge in [-0.15, -0.1) is 4.36 Å². The van der Waals surface area contributed by atoms with Crippen molar-refractivity contribution in [2.45, 2.75) is 50.5 Å². The summed E-state index contributed by atoms with van der Waals surface area (Å²) in [6, 6.07) is 4.45. The third kappa shape index (κ3) is 3.82. The lowest BCUT2D eigenvalue weighted by molar-refractivity contribution is -0.142. The zero-order valence-electron chi connectivity index (χ0n) is 17.3. The van der Waals surface area contributed by atoms with Gasteiger partial charge in [-0.3, -0.25) is 9.69 Å². The summed E-state index contributed by atoms with van der Waals surface area (Å²) in [5.41, 5.74) is 0.323. The molecule has 1 aromatic rings. The maximum absolute atomic E-state index is 13.4. The van der Waals surface area contributed by atoms with Crippen LogP contribution < -0.4 is 10.1 Å². The number of nitrogens with one attached hydrogen (secondary N) is 1. The Kier molecular flexibility index (Phi) is 5.57. The first-order valence-electron chi connectivity index (χ1n) is 10.4. The number of amides is 3. The second-order valence-corrected chi connectivity index (χ2v) is 9.53. The third-order valence-corrected chi connectivity index (χ3v) is 7.26. The van der Waals surface area contributed by atoms with E-state index >= 15 is 0 Å². The second-order valence-electron chi connectivity index (χ2n) is 8.92. The molecule has 0 aromatic heterocycles. The quantitative estimate of drug-likeness (QED) is 0.768. The highest BCUT2D eigenvalue weighted by Crippen LogP contribution is 2.58. The van der Waals surface area contributed by atoms with Crippen molar-refractivity contribution in [1.82, 2.24) is 10.2 Å². The number of hydrogen-bond donors (Lipinski definition) is 1. The Morgan fingerprint density at radius 1 is 1.17 bits per heavy atom. The van der Waals surface area contributed by atoms with Crippen molar-refractivity contribution < 1.29 is 22.7 Å². The Labute approximate surface area is 177 Å². The van der Waals surface area contributed by atoms with Crippen molar-refractivity contribution in [2.24, 2.45) is 22.1 Å². The smallest absolute Gasteiger partial charge is 0.324 e. The fourth-order valence-corrected chi connectivity index (χ4v) is 6.60. The summed E-state index contributed by atoms with van der Waals surface area (Å²) in [7, 11) is 0.338. The molecule has 0 saturated heterocycles. The van der Waals surface area contributed by atoms with Crippen LogP contribution in [0.5, 0.6) is 5.75 Å². The number of rotatable bonds is 5. The van der Waals surface area contributed by atoms with Crippen LogP contribution in [0.25, 0.3) is 0 Å². The normalized spacial score (nSPS) is 28.7. The molecule has 30 heavy (non-hydrogen) atoms. The molecule has 1 N–H and O–H groups in total. The highest BCUT2D eigenvalue weighted by atomic mass is 32.2. The third-order valence-electron chi connectivity index (χ3n) is 6.92. The van der Waals surface area contributed by atoms with Crippen molar-refractivity contribution in [1.29, 1.82) is 0 Å². The van der Waals surface area contributed by atoms with E-state index in [1.807, 2.05) is 0 Å². The first-order chi connectivity index (χ1) is 14.3. The molecule has 0 radical (unpaired) electrons. The van der Waals surface area contributed by atoms with E-state index in [1.54, 1.807) is 19.2 Å². The van der Waals surface area contributed by atoms with Gasteiger partial charge in [0.05, 0.1) is 19.1 Å². The van der Waals surface area contributed by atoms with Gasteiger partial charge in [0.1, 0.15) is 11.4 Å². The van der Waals surface area contributed by atoms with Crippen LogP contribution in [-0.4, -0.2) is 45.0 Å². The lowest BCUT2D eigenvalue weighted by Gasteiger charge is -2.59. The molecule has 4 bridgehead atoms. The maximum Gasteiger partial charge on any atom is 0.324 e. The molecule has 0 spiro atoms. The molecule has 1 aromatic carbocycles. The molecule has 0 atom stereocenters. The maximum atomic E-state index is 13.4. The topological polar surface area (TPSA) is 105 Å². The molecule has 4 saturated carbocycles. The molecule has 9 heteroatoms. The molecule has 5 rings (SSSR count). The van der Waals surface area contributed by atoms with Crippen LogP contribution in [0.1, 0.15) is 44.1 Å². The van der Waals surface area contributed by atoms with Gasteiger partial charge < -0.3 is 10.1 Å². The van der Waals surface area contributed by atoms with E-state index in [4.69, 9.17) is 4.74 Å². The number of hydrogen-bond acceptors (Lipinski definition) is 6. The monoisotopic (exact) mass is 433 g/mol. The standard InChI is InChI=1S/C21H27N3O5S/c1-22-20(26)24(21-10-14-5-15(11-21)7-16(6-14)12-21)19(25)9-13-3-4-18(29-2)17(8-13)23-30(27)28/h3-4,8,14-16H,5-7,9-12H2,1-2H3,(H,22,26). The van der Waals surface area contributed by atoms with E-state index in [0.717, 1.165) is 19.3 Å². The highest BCUT2D eigenvalue weighted by Gasteiger charge is 2.56. The SMILES string of the molecule is CNC(=O)N(C(=O)Cc1ccc(OC)c(N=S(=O)=O)c1)C12CC3CC(CC(C3)C1)C2. The summed E-state index contributed by atoms with van der Waals surface area (Å²) >= 11 is 0. The average molecular weight is 434 g/mol. The van der Waals surface area contributed by atoms with Crippen LogP contribution in [-0.2, 0) is 21.7 Å². The van der Waals surface area contributed by atoms with Gasteiger partial charge in [0.2, 0.25) is 5.91 Å². The number of ether oxygens (including phenoxy) is 1. The van der Waals surface area contributed by atoms with Crippen molar-refractivity contribution in [2.75, 3.05) is 14.2 Å². The Hall–Kier alpha value is -2.42. The Morgan fingerprint density at radius 2 is 1.77 bits per heavy atom. The van der Waals surface area contributed by atoms with E-state index in [1.165, 1.54) is 37.3 Å². The predicted octanol–water partition coefficient (Wildman–Crippen LogP) is 3.07. The minimum absolute atomic E-state index is 0.00677. The fraction of sp³-hybridized carbons (Fsp3) is 0.619. The van der Waals surface area contributed by atoms with E-state index in [9.17, 15) is 18.0 Å². The van der Waals surface area contributed by atoms with Gasteiger partial charge in [-0.05, 0) is 74.0 Å². The summed E-state index contributed by atoms with van der Waals surface area (Å²) in [6.07, 6.45) is 6.29. The molecule has 4 aliphatic carbocycles. The minimum Gasteiger partial charge on any atom is -0.494 e. The molecule has 4 fully saturated rings. The molecule has 4 aliphatic rings. The summed E-state index contributed by atoms with van der Waals surface area (Å²) in [5, 5.41) is 2.66. The zero-order valence-corrected chi connectivity index (χ0v) is 18.1. The fourth-order valence-electron chi connectivity index (χ4n) is 6.29. The number of urea groups is 1. The molecule has 0 heterocycles. The molecular formula is C21H27N3O5S. The van der Waals surface area contributed by atoms with Crippen LogP contribution in [0.3, 0.4) is 0 Å². The van der Waals surface area contributed by atoms with Crippen molar-refractivity contribution in [3.8, 4) is 5.75 Å². The molecule has 162 valence electrons. The number of carbonyl (C=O) groups excluding carboxylic acids is 2. The average Bonchev–Trinajstić information content (AvgIpc) is 2.66. The van der Waals surface area contributed by atoms with Crippen molar-refractivity contribution in [3.05, 3.63) is 23.8 Å². The van der Waals surface area contributed by atoms with Crippen LogP contribution in [0.15, 0.2) is 22.6 Å². The molecule has 0 aliphatic heterocycles. The number of methoxy groups -OCH3 is 1. The van der Waals surface area contributed by atoms with E-state index in [2.05, 4.69) is 9.68 Å². The van der Waals surface area contributed by atoms with E-state index in [-0.39, 0.29) is 24.0 Å². The molecular weight excluding hydrogens is 406 g/mol. The largest absolute Gasteiger partial charge is 0.494 e. The van der Waals surface area contributed by atoms with Crippen LogP contribution in [0.2, 0.25) is 0 Å². The van der Waals surface area contributed by atoms with E-state index in [0.29, 0.717) is 29.1 Å². The lowest BCUT2D eigenvalue weighted by Crippen LogP contribution is -2.64. The van der Waals surface area contributed by atoms with Crippen molar-refractivity contribution >= 4 is 28.1 Å². The van der Waals surface area contributed by atoms with Gasteiger partial charge >= 0.3 is 16.5 Å². The first kappa shape index (κ1) is 20.8. The van der Waals surface area contributed by atoms with Crippen LogP contribution in [0, 0.1) is 17.8 Å². The Morgan fingerprint density at radius 3 is 2.27 bits per heavy atom. The number of benzene rings is 1. The first-order valence-corrected chi connectivity index (χ1v) is 11.4. The number of nitrogens with zero attached hydrogens (tertiary/aromatic N) is 2. The molecule has 8 nitrogen and oxygen atoms in total. The van der Waals surface area contributed by atoms with Crippen LogP contribution >= 0.6 is 0 Å². The number of imide groups is 1. The summed E-state index contributed by atoms with van der Waals surface area (Å²) in [4.78, 5) is 27.7. The van der Waals surface area contributed by atoms with Crippen molar-refractivity contribution in [3.63, 3.8) is 0 Å². The lowest BCUT2D eigenvalue weighted by atomic mass is 9.52. The van der Waals surface area contributed by atoms with Gasteiger partial charge in [-0.2, -0.15) is 8.42 Å². The van der Waals surface area contributed by atoms with Crippen LogP contribution in [0.4, 0.5) is 10.5 Å². The molecule has 3 amide bonds. The zero-order chi connectivity index (χ0) is 21.5. The van der Waals surface area contributed by atoms with Gasteiger partial charge in [0, 0.05) is 7.05 Å². The Bertz CT molecular complexity index is 961. The summed E-state index contributed by atoms with van der Waals surface area (Å²) < 4.78 is 30.7. The van der Waals surface area contributed by atoms with Gasteiger partial charge in [-0.25, -0.2) is 4.79 Å². The van der Waals surface area contributed by atoms with Gasteiger partial charge in [0.25, 0.3) is 0 Å². The highest BCUT2D eigenvalue weighted by molar-refractivity contribution is 7.61. The predicted molar refractivity (Wildman–Crippen MR) is 110 cm³/mol.